The zero-order valence-electron chi connectivity index (χ0n) is 12.3. The molecule has 4 nitrogen and oxygen atoms in total. The Morgan fingerprint density at radius 3 is 2.74 bits per heavy atom. The van der Waals surface area contributed by atoms with E-state index in [9.17, 15) is 4.79 Å². The normalized spacial score (nSPS) is 10.4. The van der Waals surface area contributed by atoms with Crippen LogP contribution in [0.15, 0.2) is 52.7 Å². The number of carbonyl (C=O) groups is 1. The molecule has 3 aromatic rings. The number of nitrogens with zero attached hydrogens (tertiary/aromatic N) is 1. The van der Waals surface area contributed by atoms with Crippen molar-refractivity contribution in [2.24, 2.45) is 0 Å². The van der Waals surface area contributed by atoms with Gasteiger partial charge in [0.25, 0.3) is 0 Å². The van der Waals surface area contributed by atoms with Crippen LogP contribution >= 0.6 is 22.7 Å². The maximum absolute atomic E-state index is 12.0. The van der Waals surface area contributed by atoms with Gasteiger partial charge in [0.2, 0.25) is 0 Å². The van der Waals surface area contributed by atoms with E-state index in [0.29, 0.717) is 24.5 Å². The van der Waals surface area contributed by atoms with Gasteiger partial charge in [-0.25, -0.2) is 9.78 Å². The van der Waals surface area contributed by atoms with E-state index in [2.05, 4.69) is 4.98 Å². The second-order valence-electron chi connectivity index (χ2n) is 4.76. The molecule has 2 aromatic heterocycles. The molecule has 0 spiro atoms. The number of thiazole rings is 1. The maximum atomic E-state index is 12.0. The number of rotatable bonds is 7. The van der Waals surface area contributed by atoms with E-state index in [1.807, 2.05) is 22.9 Å². The van der Waals surface area contributed by atoms with Crippen molar-refractivity contribution in [1.82, 2.24) is 4.98 Å². The van der Waals surface area contributed by atoms with Crippen LogP contribution in [0.4, 0.5) is 0 Å². The molecule has 0 amide bonds. The van der Waals surface area contributed by atoms with Crippen molar-refractivity contribution >= 4 is 28.6 Å². The highest BCUT2D eigenvalue weighted by molar-refractivity contribution is 7.09. The van der Waals surface area contributed by atoms with Gasteiger partial charge in [0.15, 0.2) is 0 Å². The first-order valence-electron chi connectivity index (χ1n) is 7.11. The Morgan fingerprint density at radius 2 is 2.04 bits per heavy atom. The quantitative estimate of drug-likeness (QED) is 0.603. The molecule has 0 aliphatic rings. The smallest absolute Gasteiger partial charge is 0.338 e. The third kappa shape index (κ3) is 4.64. The Bertz CT molecular complexity index is 722. The van der Waals surface area contributed by atoms with Crippen LogP contribution in [-0.2, 0) is 17.8 Å². The highest BCUT2D eigenvalue weighted by Crippen LogP contribution is 2.15. The molecule has 0 saturated heterocycles. The molecule has 0 N–H and O–H groups in total. The largest absolute Gasteiger partial charge is 0.487 e. The average Bonchev–Trinajstić information content (AvgIpc) is 3.27. The minimum absolute atomic E-state index is 0.312. The molecule has 6 heteroatoms. The van der Waals surface area contributed by atoms with E-state index in [0.717, 1.165) is 12.1 Å². The number of thiophene rings is 1. The van der Waals surface area contributed by atoms with Crippen molar-refractivity contribution in [2.75, 3.05) is 6.61 Å². The van der Waals surface area contributed by atoms with E-state index >= 15 is 0 Å². The zero-order chi connectivity index (χ0) is 15.9. The van der Waals surface area contributed by atoms with E-state index < -0.39 is 0 Å². The van der Waals surface area contributed by atoms with Crippen molar-refractivity contribution in [2.45, 2.75) is 13.0 Å². The molecule has 118 valence electrons. The monoisotopic (exact) mass is 345 g/mol. The molecule has 0 radical (unpaired) electrons. The molecular formula is C17H15NO3S2. The number of aromatic nitrogens is 1. The van der Waals surface area contributed by atoms with E-state index in [1.165, 1.54) is 16.2 Å². The summed E-state index contributed by atoms with van der Waals surface area (Å²) in [5, 5.41) is 3.96. The van der Waals surface area contributed by atoms with Crippen LogP contribution in [0.3, 0.4) is 0 Å². The van der Waals surface area contributed by atoms with E-state index in [1.54, 1.807) is 41.1 Å². The fourth-order valence-electron chi connectivity index (χ4n) is 1.94. The standard InChI is InChI=1S/C17H15NO3S2/c19-17(20-8-7-16-2-1-9-23-16)13-3-5-15(6-4-13)21-10-14-11-22-12-18-14/h1-6,9,11-12H,7-8,10H2. The van der Waals surface area contributed by atoms with Gasteiger partial charge in [-0.15, -0.1) is 22.7 Å². The first-order chi connectivity index (χ1) is 11.3. The number of hydrogen-bond acceptors (Lipinski definition) is 6. The summed E-state index contributed by atoms with van der Waals surface area (Å²) >= 11 is 3.20. The molecular weight excluding hydrogens is 330 g/mol. The van der Waals surface area contributed by atoms with E-state index in [4.69, 9.17) is 9.47 Å². The minimum atomic E-state index is -0.312. The SMILES string of the molecule is O=C(OCCc1cccs1)c1ccc(OCc2cscn2)cc1. The third-order valence-electron chi connectivity index (χ3n) is 3.12. The number of hydrogen-bond donors (Lipinski definition) is 0. The summed E-state index contributed by atoms with van der Waals surface area (Å²) in [4.78, 5) is 17.3. The highest BCUT2D eigenvalue weighted by atomic mass is 32.1. The topological polar surface area (TPSA) is 48.4 Å². The summed E-state index contributed by atoms with van der Waals surface area (Å²) in [6.07, 6.45) is 0.748. The fourth-order valence-corrected chi connectivity index (χ4v) is 3.17. The summed E-state index contributed by atoms with van der Waals surface area (Å²) in [7, 11) is 0. The number of benzene rings is 1. The highest BCUT2D eigenvalue weighted by Gasteiger charge is 2.07. The molecule has 0 aliphatic carbocycles. The van der Waals surface area contributed by atoms with Gasteiger partial charge in [-0.05, 0) is 35.7 Å². The van der Waals surface area contributed by atoms with Crippen molar-refractivity contribution in [3.05, 3.63) is 68.8 Å². The summed E-state index contributed by atoms with van der Waals surface area (Å²) in [6.45, 7) is 0.815. The molecule has 23 heavy (non-hydrogen) atoms. The molecule has 0 fully saturated rings. The third-order valence-corrected chi connectivity index (χ3v) is 4.69. The molecule has 0 bridgehead atoms. The van der Waals surface area contributed by atoms with Crippen LogP contribution < -0.4 is 4.74 Å². The molecule has 3 rings (SSSR count). The Hall–Kier alpha value is -2.18. The Morgan fingerprint density at radius 1 is 1.17 bits per heavy atom. The maximum Gasteiger partial charge on any atom is 0.338 e. The number of carbonyl (C=O) groups excluding carboxylic acids is 1. The lowest BCUT2D eigenvalue weighted by Crippen LogP contribution is -2.07. The summed E-state index contributed by atoms with van der Waals surface area (Å²) in [5.74, 6) is 0.390. The number of esters is 1. The average molecular weight is 345 g/mol. The second kappa shape index (κ2) is 7.89. The van der Waals surface area contributed by atoms with Gasteiger partial charge < -0.3 is 9.47 Å². The first-order valence-corrected chi connectivity index (χ1v) is 8.93. The van der Waals surface area contributed by atoms with Crippen LogP contribution in [0.2, 0.25) is 0 Å². The van der Waals surface area contributed by atoms with E-state index in [-0.39, 0.29) is 5.97 Å². The van der Waals surface area contributed by atoms with Gasteiger partial charge in [-0.1, -0.05) is 6.07 Å². The predicted molar refractivity (Wildman–Crippen MR) is 91.2 cm³/mol. The molecule has 0 unspecified atom stereocenters. The van der Waals surface area contributed by atoms with Gasteiger partial charge in [-0.3, -0.25) is 0 Å². The first kappa shape index (κ1) is 15.7. The van der Waals surface area contributed by atoms with Crippen molar-refractivity contribution in [3.63, 3.8) is 0 Å². The lowest BCUT2D eigenvalue weighted by Gasteiger charge is -2.06. The van der Waals surface area contributed by atoms with Gasteiger partial charge in [0, 0.05) is 16.7 Å². The lowest BCUT2D eigenvalue weighted by atomic mass is 10.2. The van der Waals surface area contributed by atoms with Crippen LogP contribution in [0.5, 0.6) is 5.75 Å². The summed E-state index contributed by atoms with van der Waals surface area (Å²) in [5.41, 5.74) is 3.19. The predicted octanol–water partition coefficient (Wildman–Crippen LogP) is 4.18. The zero-order valence-corrected chi connectivity index (χ0v) is 13.9. The lowest BCUT2D eigenvalue weighted by molar-refractivity contribution is 0.0510. The molecule has 0 aliphatic heterocycles. The van der Waals surface area contributed by atoms with Crippen LogP contribution in [-0.4, -0.2) is 17.6 Å². The Labute approximate surface area is 142 Å². The summed E-state index contributed by atoms with van der Waals surface area (Å²) in [6, 6.07) is 11.0. The minimum Gasteiger partial charge on any atom is -0.487 e. The van der Waals surface area contributed by atoms with Gasteiger partial charge in [0.05, 0.1) is 23.4 Å². The summed E-state index contributed by atoms with van der Waals surface area (Å²) < 4.78 is 10.9. The van der Waals surface area contributed by atoms with Gasteiger partial charge >= 0.3 is 5.97 Å². The Kier molecular flexibility index (Phi) is 5.39. The van der Waals surface area contributed by atoms with Gasteiger partial charge in [-0.2, -0.15) is 0 Å². The second-order valence-corrected chi connectivity index (χ2v) is 6.51. The van der Waals surface area contributed by atoms with Crippen molar-refractivity contribution < 1.29 is 14.3 Å². The fraction of sp³-hybridized carbons (Fsp3) is 0.176. The van der Waals surface area contributed by atoms with Gasteiger partial charge in [0.1, 0.15) is 12.4 Å². The van der Waals surface area contributed by atoms with Crippen LogP contribution in [0.1, 0.15) is 20.9 Å². The molecule has 1 aromatic carbocycles. The number of ether oxygens (including phenoxy) is 2. The molecule has 0 atom stereocenters. The van der Waals surface area contributed by atoms with Crippen molar-refractivity contribution in [1.29, 1.82) is 0 Å². The Balaban J connectivity index is 1.47. The molecule has 2 heterocycles. The van der Waals surface area contributed by atoms with Crippen LogP contribution in [0, 0.1) is 0 Å². The van der Waals surface area contributed by atoms with Crippen LogP contribution in [0.25, 0.3) is 0 Å². The molecule has 0 saturated carbocycles. The van der Waals surface area contributed by atoms with Crippen molar-refractivity contribution in [3.8, 4) is 5.75 Å².